The molecule has 0 atom stereocenters. The number of ether oxygens (including phenoxy) is 2. The second-order valence-electron chi connectivity index (χ2n) is 3.41. The highest BCUT2D eigenvalue weighted by Crippen LogP contribution is 2.09. The van der Waals surface area contributed by atoms with E-state index >= 15 is 0 Å². The Morgan fingerprint density at radius 1 is 1.31 bits per heavy atom. The lowest BCUT2D eigenvalue weighted by atomic mass is 10.3. The Morgan fingerprint density at radius 3 is 2.81 bits per heavy atom. The molecule has 0 bridgehead atoms. The van der Waals surface area contributed by atoms with E-state index in [4.69, 9.17) is 9.47 Å². The highest BCUT2D eigenvalue weighted by Gasteiger charge is 1.96. The van der Waals surface area contributed by atoms with E-state index in [0.717, 1.165) is 37.6 Å². The van der Waals surface area contributed by atoms with Crippen molar-refractivity contribution in [1.29, 1.82) is 0 Å². The van der Waals surface area contributed by atoms with Gasteiger partial charge in [0, 0.05) is 26.2 Å². The summed E-state index contributed by atoms with van der Waals surface area (Å²) in [7, 11) is 1.90. The largest absolute Gasteiger partial charge is 0.492 e. The second kappa shape index (κ2) is 8.07. The lowest BCUT2D eigenvalue weighted by molar-refractivity contribution is 0.131. The van der Waals surface area contributed by atoms with Gasteiger partial charge in [-0.15, -0.1) is 0 Å². The van der Waals surface area contributed by atoms with E-state index in [9.17, 15) is 0 Å². The molecule has 0 unspecified atom stereocenters. The first-order valence-corrected chi connectivity index (χ1v) is 5.67. The van der Waals surface area contributed by atoms with Crippen molar-refractivity contribution in [2.24, 2.45) is 0 Å². The Morgan fingerprint density at radius 2 is 2.19 bits per heavy atom. The summed E-state index contributed by atoms with van der Waals surface area (Å²) < 4.78 is 10.7. The first kappa shape index (κ1) is 12.9. The van der Waals surface area contributed by atoms with E-state index in [-0.39, 0.29) is 0 Å². The van der Waals surface area contributed by atoms with Crippen LogP contribution in [0.2, 0.25) is 0 Å². The quantitative estimate of drug-likeness (QED) is 0.681. The van der Waals surface area contributed by atoms with E-state index < -0.39 is 0 Å². The smallest absolute Gasteiger partial charge is 0.137 e. The zero-order valence-electron chi connectivity index (χ0n) is 10.0. The van der Waals surface area contributed by atoms with E-state index in [2.05, 4.69) is 10.3 Å². The van der Waals surface area contributed by atoms with Crippen LogP contribution < -0.4 is 10.1 Å². The number of nitrogens with zero attached hydrogens (tertiary/aromatic N) is 1. The molecule has 4 heteroatoms. The third-order valence-electron chi connectivity index (χ3n) is 2.06. The SMILES string of the molecule is CCOCCCOc1ccc(CNC)nc1. The molecule has 1 aromatic rings. The molecule has 1 rings (SSSR count). The van der Waals surface area contributed by atoms with Crippen molar-refractivity contribution in [1.82, 2.24) is 10.3 Å². The van der Waals surface area contributed by atoms with E-state index in [1.165, 1.54) is 0 Å². The van der Waals surface area contributed by atoms with Gasteiger partial charge in [-0.3, -0.25) is 4.98 Å². The first-order valence-electron chi connectivity index (χ1n) is 5.67. The second-order valence-corrected chi connectivity index (χ2v) is 3.41. The van der Waals surface area contributed by atoms with Crippen LogP contribution in [0.1, 0.15) is 19.0 Å². The van der Waals surface area contributed by atoms with Crippen LogP contribution in [0.25, 0.3) is 0 Å². The van der Waals surface area contributed by atoms with Crippen LogP contribution in [-0.2, 0) is 11.3 Å². The maximum atomic E-state index is 5.52. The van der Waals surface area contributed by atoms with Crippen molar-refractivity contribution >= 4 is 0 Å². The third kappa shape index (κ3) is 5.09. The van der Waals surface area contributed by atoms with Crippen LogP contribution in [-0.4, -0.2) is 31.9 Å². The van der Waals surface area contributed by atoms with Gasteiger partial charge in [-0.2, -0.15) is 0 Å². The normalized spacial score (nSPS) is 10.4. The van der Waals surface area contributed by atoms with Gasteiger partial charge < -0.3 is 14.8 Å². The Hall–Kier alpha value is -1.13. The van der Waals surface area contributed by atoms with Gasteiger partial charge in [0.2, 0.25) is 0 Å². The molecule has 0 aromatic carbocycles. The molecule has 1 heterocycles. The van der Waals surface area contributed by atoms with Crippen LogP contribution in [0.3, 0.4) is 0 Å². The lowest BCUT2D eigenvalue weighted by Crippen LogP contribution is -2.07. The molecule has 1 aromatic heterocycles. The minimum absolute atomic E-state index is 0.674. The predicted molar refractivity (Wildman–Crippen MR) is 63.6 cm³/mol. The standard InChI is InChI=1S/C12H20N2O2/c1-3-15-7-4-8-16-12-6-5-11(9-13-2)14-10-12/h5-6,10,13H,3-4,7-9H2,1-2H3. The zero-order chi connectivity index (χ0) is 11.6. The van der Waals surface area contributed by atoms with Crippen LogP contribution in [0.5, 0.6) is 5.75 Å². The number of rotatable bonds is 8. The van der Waals surface area contributed by atoms with Gasteiger partial charge in [0.05, 0.1) is 18.5 Å². The van der Waals surface area contributed by atoms with Crippen molar-refractivity contribution in [2.75, 3.05) is 26.9 Å². The number of nitrogens with one attached hydrogen (secondary N) is 1. The van der Waals surface area contributed by atoms with Crippen molar-refractivity contribution in [3.63, 3.8) is 0 Å². The fourth-order valence-corrected chi connectivity index (χ4v) is 1.28. The maximum Gasteiger partial charge on any atom is 0.137 e. The summed E-state index contributed by atoms with van der Waals surface area (Å²) >= 11 is 0. The van der Waals surface area contributed by atoms with Gasteiger partial charge in [0.25, 0.3) is 0 Å². The molecule has 1 N–H and O–H groups in total. The highest BCUT2D eigenvalue weighted by molar-refractivity contribution is 5.19. The van der Waals surface area contributed by atoms with Gasteiger partial charge in [0.1, 0.15) is 5.75 Å². The molecule has 0 aliphatic heterocycles. The summed E-state index contributed by atoms with van der Waals surface area (Å²) in [5.74, 6) is 0.816. The number of hydrogen-bond acceptors (Lipinski definition) is 4. The minimum Gasteiger partial charge on any atom is -0.492 e. The van der Waals surface area contributed by atoms with Gasteiger partial charge in [-0.25, -0.2) is 0 Å². The molecule has 0 aliphatic carbocycles. The molecular weight excluding hydrogens is 204 g/mol. The maximum absolute atomic E-state index is 5.52. The summed E-state index contributed by atoms with van der Waals surface area (Å²) in [6.07, 6.45) is 2.67. The molecule has 0 radical (unpaired) electrons. The average molecular weight is 224 g/mol. The summed E-state index contributed by atoms with van der Waals surface area (Å²) in [6, 6.07) is 3.91. The Bertz CT molecular complexity index is 275. The van der Waals surface area contributed by atoms with E-state index in [1.54, 1.807) is 6.20 Å². The lowest BCUT2D eigenvalue weighted by Gasteiger charge is -2.06. The molecule has 0 saturated carbocycles. The van der Waals surface area contributed by atoms with Gasteiger partial charge in [-0.05, 0) is 26.1 Å². The van der Waals surface area contributed by atoms with Gasteiger partial charge in [0.15, 0.2) is 0 Å². The van der Waals surface area contributed by atoms with Crippen molar-refractivity contribution < 1.29 is 9.47 Å². The number of aromatic nitrogens is 1. The van der Waals surface area contributed by atoms with Crippen molar-refractivity contribution in [3.8, 4) is 5.75 Å². The monoisotopic (exact) mass is 224 g/mol. The summed E-state index contributed by atoms with van der Waals surface area (Å²) in [5, 5.41) is 3.05. The van der Waals surface area contributed by atoms with Crippen molar-refractivity contribution in [3.05, 3.63) is 24.0 Å². The third-order valence-corrected chi connectivity index (χ3v) is 2.06. The summed E-state index contributed by atoms with van der Waals surface area (Å²) in [5.41, 5.74) is 1.02. The van der Waals surface area contributed by atoms with Crippen LogP contribution >= 0.6 is 0 Å². The number of hydrogen-bond donors (Lipinski definition) is 1. The highest BCUT2D eigenvalue weighted by atomic mass is 16.5. The molecule has 90 valence electrons. The average Bonchev–Trinajstić information content (AvgIpc) is 2.31. The Kier molecular flexibility index (Phi) is 6.53. The molecule has 16 heavy (non-hydrogen) atoms. The summed E-state index contributed by atoms with van der Waals surface area (Å²) in [4.78, 5) is 4.26. The van der Waals surface area contributed by atoms with E-state index in [0.29, 0.717) is 6.61 Å². The molecule has 4 nitrogen and oxygen atoms in total. The Balaban J connectivity index is 2.21. The predicted octanol–water partition coefficient (Wildman–Crippen LogP) is 1.61. The fraction of sp³-hybridized carbons (Fsp3) is 0.583. The summed E-state index contributed by atoms with van der Waals surface area (Å²) in [6.45, 7) is 4.96. The minimum atomic E-state index is 0.674. The molecule has 0 fully saturated rings. The molecule has 0 spiro atoms. The van der Waals surface area contributed by atoms with E-state index in [1.807, 2.05) is 26.1 Å². The molecular formula is C12H20N2O2. The molecule has 0 aliphatic rings. The van der Waals surface area contributed by atoms with Crippen molar-refractivity contribution in [2.45, 2.75) is 19.9 Å². The van der Waals surface area contributed by atoms with Gasteiger partial charge >= 0.3 is 0 Å². The number of pyridine rings is 1. The first-order chi connectivity index (χ1) is 7.86. The van der Waals surface area contributed by atoms with Gasteiger partial charge in [-0.1, -0.05) is 0 Å². The van der Waals surface area contributed by atoms with Crippen LogP contribution in [0, 0.1) is 0 Å². The molecule has 0 amide bonds. The van der Waals surface area contributed by atoms with Crippen LogP contribution in [0.15, 0.2) is 18.3 Å². The fourth-order valence-electron chi connectivity index (χ4n) is 1.28. The molecule has 0 saturated heterocycles. The van der Waals surface area contributed by atoms with Crippen LogP contribution in [0.4, 0.5) is 0 Å². The Labute approximate surface area is 97.0 Å². The zero-order valence-corrected chi connectivity index (χ0v) is 10.0. The topological polar surface area (TPSA) is 43.4 Å².